The Morgan fingerprint density at radius 2 is 1.38 bits per heavy atom. The number of carbonyl (C=O) groups excluding carboxylic acids is 1. The first kappa shape index (κ1) is 14.4. The van der Waals surface area contributed by atoms with E-state index in [1.807, 2.05) is 36.4 Å². The number of rotatable bonds is 3. The van der Waals surface area contributed by atoms with Crippen LogP contribution in [0.5, 0.6) is 23.0 Å². The van der Waals surface area contributed by atoms with Gasteiger partial charge in [-0.3, -0.25) is 0 Å². The van der Waals surface area contributed by atoms with Crippen molar-refractivity contribution in [3.8, 4) is 23.0 Å². The number of carbonyl (C=O) groups is 1. The smallest absolute Gasteiger partial charge is 0.331 e. The van der Waals surface area contributed by atoms with Crippen LogP contribution in [0.1, 0.15) is 11.1 Å². The Morgan fingerprint density at radius 3 is 1.88 bits per heavy atom. The minimum atomic E-state index is -0.444. The van der Waals surface area contributed by atoms with E-state index in [0.29, 0.717) is 28.6 Å². The lowest BCUT2D eigenvalue weighted by atomic mass is 9.96. The molecule has 0 saturated carbocycles. The quantitative estimate of drug-likeness (QED) is 0.638. The van der Waals surface area contributed by atoms with Gasteiger partial charge in [0.2, 0.25) is 13.6 Å². The summed E-state index contributed by atoms with van der Waals surface area (Å²) >= 11 is 0. The average Bonchev–Trinajstić information content (AvgIpc) is 3.26. The molecule has 0 unspecified atom stereocenters. The van der Waals surface area contributed by atoms with Crippen molar-refractivity contribution in [2.45, 2.75) is 0 Å². The summed E-state index contributed by atoms with van der Waals surface area (Å²) in [6.07, 6.45) is 1.44. The van der Waals surface area contributed by atoms with Crippen molar-refractivity contribution in [3.63, 3.8) is 0 Å². The lowest BCUT2D eigenvalue weighted by Gasteiger charge is -2.10. The Morgan fingerprint density at radius 1 is 0.875 bits per heavy atom. The third kappa shape index (κ3) is 2.52. The van der Waals surface area contributed by atoms with Crippen molar-refractivity contribution in [3.05, 3.63) is 53.6 Å². The molecule has 0 spiro atoms. The van der Waals surface area contributed by atoms with Crippen LogP contribution in [-0.2, 0) is 9.53 Å². The lowest BCUT2D eigenvalue weighted by Crippen LogP contribution is -1.98. The van der Waals surface area contributed by atoms with Crippen LogP contribution in [0.4, 0.5) is 0 Å². The van der Waals surface area contributed by atoms with Crippen LogP contribution in [0.3, 0.4) is 0 Å². The predicted octanol–water partition coefficient (Wildman–Crippen LogP) is 2.75. The number of hydrogen-bond donors (Lipinski definition) is 0. The summed E-state index contributed by atoms with van der Waals surface area (Å²) in [5.41, 5.74) is 2.31. The van der Waals surface area contributed by atoms with Crippen LogP contribution in [0.2, 0.25) is 0 Å². The zero-order chi connectivity index (χ0) is 16.5. The van der Waals surface area contributed by atoms with Crippen molar-refractivity contribution in [2.24, 2.45) is 0 Å². The van der Waals surface area contributed by atoms with Crippen LogP contribution < -0.4 is 18.9 Å². The van der Waals surface area contributed by atoms with Crippen molar-refractivity contribution >= 4 is 11.5 Å². The molecule has 2 heterocycles. The standard InChI is InChI=1S/C18H14O6/c1-20-18(19)8-13(11-2-4-14-16(6-11)23-9-21-14)12-3-5-15-17(7-12)24-10-22-15/h2-8H,9-10H2,1H3. The molecule has 2 aliphatic rings. The first-order valence-electron chi connectivity index (χ1n) is 7.34. The number of esters is 1. The van der Waals surface area contributed by atoms with Gasteiger partial charge in [-0.05, 0) is 41.0 Å². The largest absolute Gasteiger partial charge is 0.466 e. The molecule has 6 nitrogen and oxygen atoms in total. The molecule has 6 heteroatoms. The molecule has 0 atom stereocenters. The Hall–Kier alpha value is -3.15. The highest BCUT2D eigenvalue weighted by atomic mass is 16.7. The zero-order valence-corrected chi connectivity index (χ0v) is 12.9. The minimum Gasteiger partial charge on any atom is -0.466 e. The maximum atomic E-state index is 11.8. The molecule has 2 aromatic rings. The van der Waals surface area contributed by atoms with E-state index in [1.54, 1.807) is 0 Å². The van der Waals surface area contributed by atoms with Gasteiger partial charge in [0, 0.05) is 6.08 Å². The number of benzene rings is 2. The summed E-state index contributed by atoms with van der Waals surface area (Å²) in [7, 11) is 1.34. The maximum Gasteiger partial charge on any atom is 0.331 e. The van der Waals surface area contributed by atoms with Crippen LogP contribution >= 0.6 is 0 Å². The van der Waals surface area contributed by atoms with Crippen LogP contribution in [0.25, 0.3) is 5.57 Å². The van der Waals surface area contributed by atoms with Gasteiger partial charge in [0.25, 0.3) is 0 Å². The molecule has 2 aromatic carbocycles. The van der Waals surface area contributed by atoms with Gasteiger partial charge in [-0.25, -0.2) is 4.79 Å². The number of fused-ring (bicyclic) bond motifs is 2. The second-order valence-corrected chi connectivity index (χ2v) is 5.22. The average molecular weight is 326 g/mol. The van der Waals surface area contributed by atoms with E-state index in [-0.39, 0.29) is 13.6 Å². The molecule has 0 fully saturated rings. The molecule has 0 aromatic heterocycles. The van der Waals surface area contributed by atoms with Crippen LogP contribution in [0.15, 0.2) is 42.5 Å². The minimum absolute atomic E-state index is 0.193. The number of hydrogen-bond acceptors (Lipinski definition) is 6. The van der Waals surface area contributed by atoms with Crippen molar-refractivity contribution < 1.29 is 28.5 Å². The summed E-state index contributed by atoms with van der Waals surface area (Å²) in [5, 5.41) is 0. The lowest BCUT2D eigenvalue weighted by molar-refractivity contribution is -0.134. The van der Waals surface area contributed by atoms with Crippen LogP contribution in [0, 0.1) is 0 Å². The van der Waals surface area contributed by atoms with Gasteiger partial charge in [0.1, 0.15) is 0 Å². The fourth-order valence-corrected chi connectivity index (χ4v) is 2.64. The maximum absolute atomic E-state index is 11.8. The third-order valence-electron chi connectivity index (χ3n) is 3.83. The Labute approximate surface area is 138 Å². The monoisotopic (exact) mass is 326 g/mol. The zero-order valence-electron chi connectivity index (χ0n) is 12.9. The summed E-state index contributed by atoms with van der Waals surface area (Å²) in [6.45, 7) is 0.387. The Kier molecular flexibility index (Phi) is 3.49. The van der Waals surface area contributed by atoms with Crippen molar-refractivity contribution in [1.29, 1.82) is 0 Å². The number of methoxy groups -OCH3 is 1. The molecular weight excluding hydrogens is 312 g/mol. The topological polar surface area (TPSA) is 63.2 Å². The second-order valence-electron chi connectivity index (χ2n) is 5.22. The molecule has 0 radical (unpaired) electrons. The highest BCUT2D eigenvalue weighted by Crippen LogP contribution is 2.39. The highest BCUT2D eigenvalue weighted by Gasteiger charge is 2.19. The molecule has 0 saturated heterocycles. The first-order valence-corrected chi connectivity index (χ1v) is 7.34. The van der Waals surface area contributed by atoms with Gasteiger partial charge in [-0.2, -0.15) is 0 Å². The summed E-state index contributed by atoms with van der Waals surface area (Å²) in [4.78, 5) is 11.8. The molecule has 24 heavy (non-hydrogen) atoms. The van der Waals surface area contributed by atoms with Crippen LogP contribution in [-0.4, -0.2) is 26.7 Å². The van der Waals surface area contributed by atoms with E-state index in [4.69, 9.17) is 23.7 Å². The molecule has 4 rings (SSSR count). The van der Waals surface area contributed by atoms with E-state index < -0.39 is 5.97 Å². The fourth-order valence-electron chi connectivity index (χ4n) is 2.64. The molecule has 0 bridgehead atoms. The molecule has 122 valence electrons. The van der Waals surface area contributed by atoms with E-state index in [9.17, 15) is 4.79 Å². The van der Waals surface area contributed by atoms with Crippen molar-refractivity contribution in [2.75, 3.05) is 20.7 Å². The predicted molar refractivity (Wildman–Crippen MR) is 84.2 cm³/mol. The van der Waals surface area contributed by atoms with Gasteiger partial charge in [-0.1, -0.05) is 12.1 Å². The van der Waals surface area contributed by atoms with Gasteiger partial charge in [0.15, 0.2) is 23.0 Å². The fraction of sp³-hybridized carbons (Fsp3) is 0.167. The summed E-state index contributed by atoms with van der Waals surface area (Å²) in [5.74, 6) is 2.21. The van der Waals surface area contributed by atoms with Gasteiger partial charge in [-0.15, -0.1) is 0 Å². The molecular formula is C18H14O6. The third-order valence-corrected chi connectivity index (χ3v) is 3.83. The Balaban J connectivity index is 1.80. The molecule has 0 N–H and O–H groups in total. The molecule has 2 aliphatic heterocycles. The summed E-state index contributed by atoms with van der Waals surface area (Å²) in [6, 6.07) is 11.0. The SMILES string of the molecule is COC(=O)C=C(c1ccc2c(c1)OCO2)c1ccc2c(c1)OCO2. The van der Waals surface area contributed by atoms with Crippen molar-refractivity contribution in [1.82, 2.24) is 0 Å². The Bertz CT molecular complexity index is 780. The second kappa shape index (κ2) is 5.81. The highest BCUT2D eigenvalue weighted by molar-refractivity contribution is 5.96. The number of ether oxygens (including phenoxy) is 5. The first-order chi connectivity index (χ1) is 11.7. The van der Waals surface area contributed by atoms with Gasteiger partial charge >= 0.3 is 5.97 Å². The summed E-state index contributed by atoms with van der Waals surface area (Å²) < 4.78 is 26.3. The normalized spacial score (nSPS) is 13.5. The van der Waals surface area contributed by atoms with E-state index >= 15 is 0 Å². The molecule has 0 aliphatic carbocycles. The van der Waals surface area contributed by atoms with E-state index in [2.05, 4.69) is 0 Å². The molecule has 0 amide bonds. The van der Waals surface area contributed by atoms with Gasteiger partial charge < -0.3 is 23.7 Å². The van der Waals surface area contributed by atoms with Gasteiger partial charge in [0.05, 0.1) is 7.11 Å². The van der Waals surface area contributed by atoms with E-state index in [0.717, 1.165) is 11.1 Å². The van der Waals surface area contributed by atoms with E-state index in [1.165, 1.54) is 13.2 Å².